The van der Waals surface area contributed by atoms with Crippen LogP contribution in [0.15, 0.2) is 63.9 Å². The molecule has 0 aliphatic heterocycles. The van der Waals surface area contributed by atoms with Crippen molar-refractivity contribution < 1.29 is 8.91 Å². The second-order valence-corrected chi connectivity index (χ2v) is 6.19. The zero-order valence-corrected chi connectivity index (χ0v) is 14.6. The van der Waals surface area contributed by atoms with Crippen molar-refractivity contribution in [3.63, 3.8) is 0 Å². The quantitative estimate of drug-likeness (QED) is 0.550. The van der Waals surface area contributed by atoms with Crippen LogP contribution >= 0.6 is 0 Å². The normalized spacial score (nSPS) is 11.5. The molecule has 0 spiro atoms. The Morgan fingerprint density at radius 2 is 1.81 bits per heavy atom. The van der Waals surface area contributed by atoms with Gasteiger partial charge in [0.1, 0.15) is 5.82 Å². The van der Waals surface area contributed by atoms with E-state index in [0.717, 1.165) is 11.1 Å². The van der Waals surface area contributed by atoms with Gasteiger partial charge in [-0.1, -0.05) is 53.7 Å². The molecule has 0 aliphatic rings. The third-order valence-corrected chi connectivity index (χ3v) is 4.26. The summed E-state index contributed by atoms with van der Waals surface area (Å²) < 4.78 is 19.8. The van der Waals surface area contributed by atoms with Crippen LogP contribution in [0.25, 0.3) is 23.1 Å². The van der Waals surface area contributed by atoms with Gasteiger partial charge in [-0.2, -0.15) is 5.10 Å². The molecule has 0 unspecified atom stereocenters. The van der Waals surface area contributed by atoms with Gasteiger partial charge in [-0.05, 0) is 36.3 Å². The molecule has 0 aliphatic carbocycles. The van der Waals surface area contributed by atoms with Crippen molar-refractivity contribution in [2.24, 2.45) is 0 Å². The van der Waals surface area contributed by atoms with Crippen LogP contribution in [0.4, 0.5) is 4.39 Å². The highest BCUT2D eigenvalue weighted by molar-refractivity contribution is 5.89. The lowest BCUT2D eigenvalue weighted by atomic mass is 10.1. The lowest BCUT2D eigenvalue weighted by Crippen LogP contribution is -2.24. The van der Waals surface area contributed by atoms with Gasteiger partial charge in [0.2, 0.25) is 0 Å². The molecule has 0 radical (unpaired) electrons. The summed E-state index contributed by atoms with van der Waals surface area (Å²) in [6.45, 7) is 2.18. The van der Waals surface area contributed by atoms with Gasteiger partial charge in [0.25, 0.3) is 5.56 Å². The molecule has 6 heteroatoms. The Balaban J connectivity index is 1.72. The second kappa shape index (κ2) is 6.99. The highest BCUT2D eigenvalue weighted by atomic mass is 19.1. The molecule has 134 valence electrons. The van der Waals surface area contributed by atoms with E-state index in [1.165, 1.54) is 16.8 Å². The first-order chi connectivity index (χ1) is 13.1. The molecule has 2 heterocycles. The topological polar surface area (TPSA) is 60.9 Å². The highest BCUT2D eigenvalue weighted by Gasteiger charge is 2.16. The van der Waals surface area contributed by atoms with Crippen LogP contribution in [0.2, 0.25) is 0 Å². The predicted octanol–water partition coefficient (Wildman–Crippen LogP) is 4.05. The SMILES string of the molecule is Cc1nn(Cc2ccccc2)c(=O)c2noc(/C=C/c3ccc(F)cc3)c12. The van der Waals surface area contributed by atoms with Crippen LogP contribution in [0, 0.1) is 12.7 Å². The van der Waals surface area contributed by atoms with Crippen molar-refractivity contribution in [3.8, 4) is 0 Å². The minimum absolute atomic E-state index is 0.247. The van der Waals surface area contributed by atoms with Crippen LogP contribution < -0.4 is 5.56 Å². The van der Waals surface area contributed by atoms with Crippen molar-refractivity contribution in [1.29, 1.82) is 0 Å². The van der Waals surface area contributed by atoms with E-state index in [-0.39, 0.29) is 16.9 Å². The van der Waals surface area contributed by atoms with E-state index in [4.69, 9.17) is 4.52 Å². The van der Waals surface area contributed by atoms with Crippen LogP contribution in [0.3, 0.4) is 0 Å². The first kappa shape index (κ1) is 16.9. The number of fused-ring (bicyclic) bond motifs is 1. The van der Waals surface area contributed by atoms with Crippen molar-refractivity contribution in [1.82, 2.24) is 14.9 Å². The van der Waals surface area contributed by atoms with Gasteiger partial charge >= 0.3 is 0 Å². The smallest absolute Gasteiger partial charge is 0.297 e. The van der Waals surface area contributed by atoms with Crippen molar-refractivity contribution in [3.05, 3.63) is 93.3 Å². The maximum absolute atomic E-state index is 13.0. The summed E-state index contributed by atoms with van der Waals surface area (Å²) in [7, 11) is 0. The molecule has 0 amide bonds. The molecule has 4 rings (SSSR count). The number of hydrogen-bond donors (Lipinski definition) is 0. The minimum Gasteiger partial charge on any atom is -0.355 e. The number of rotatable bonds is 4. The molecular weight excluding hydrogens is 345 g/mol. The monoisotopic (exact) mass is 361 g/mol. The van der Waals surface area contributed by atoms with Gasteiger partial charge in [-0.25, -0.2) is 9.07 Å². The van der Waals surface area contributed by atoms with Crippen LogP contribution in [0.1, 0.15) is 22.6 Å². The zero-order valence-electron chi connectivity index (χ0n) is 14.6. The Bertz CT molecular complexity index is 1180. The molecule has 0 N–H and O–H groups in total. The summed E-state index contributed by atoms with van der Waals surface area (Å²) >= 11 is 0. The minimum atomic E-state index is -0.301. The number of benzene rings is 2. The van der Waals surface area contributed by atoms with E-state index in [1.54, 1.807) is 24.3 Å². The molecule has 4 aromatic rings. The van der Waals surface area contributed by atoms with E-state index >= 15 is 0 Å². The molecule has 0 atom stereocenters. The fourth-order valence-corrected chi connectivity index (χ4v) is 2.92. The van der Waals surface area contributed by atoms with E-state index in [1.807, 2.05) is 37.3 Å². The Labute approximate surface area is 154 Å². The molecule has 0 fully saturated rings. The van der Waals surface area contributed by atoms with Crippen LogP contribution in [-0.2, 0) is 6.54 Å². The Morgan fingerprint density at radius 3 is 2.56 bits per heavy atom. The van der Waals surface area contributed by atoms with E-state index in [2.05, 4.69) is 10.3 Å². The summed E-state index contributed by atoms with van der Waals surface area (Å²) in [5.41, 5.74) is 2.39. The summed E-state index contributed by atoms with van der Waals surface area (Å²) in [6, 6.07) is 15.7. The van der Waals surface area contributed by atoms with Crippen molar-refractivity contribution >= 4 is 23.1 Å². The maximum Gasteiger partial charge on any atom is 0.297 e. The molecule has 5 nitrogen and oxygen atoms in total. The standard InChI is InChI=1S/C21H16FN3O2/c1-14-19-18(12-9-15-7-10-17(22)11-8-15)27-24-20(19)21(26)25(23-14)13-16-5-3-2-4-6-16/h2-12H,13H2,1H3/b12-9+. The summed E-state index contributed by atoms with van der Waals surface area (Å²) in [5, 5.41) is 8.95. The van der Waals surface area contributed by atoms with Gasteiger partial charge < -0.3 is 4.52 Å². The Hall–Kier alpha value is -3.54. The molecule has 0 bridgehead atoms. The molecule has 0 saturated heterocycles. The molecule has 27 heavy (non-hydrogen) atoms. The highest BCUT2D eigenvalue weighted by Crippen LogP contribution is 2.21. The second-order valence-electron chi connectivity index (χ2n) is 6.19. The summed E-state index contributed by atoms with van der Waals surface area (Å²) in [6.07, 6.45) is 3.48. The van der Waals surface area contributed by atoms with Gasteiger partial charge in [0, 0.05) is 0 Å². The first-order valence-electron chi connectivity index (χ1n) is 8.46. The number of halogens is 1. The van der Waals surface area contributed by atoms with Crippen molar-refractivity contribution in [2.75, 3.05) is 0 Å². The number of nitrogens with zero attached hydrogens (tertiary/aromatic N) is 3. The fourth-order valence-electron chi connectivity index (χ4n) is 2.92. The molecule has 0 saturated carbocycles. The molecule has 2 aromatic carbocycles. The average molecular weight is 361 g/mol. The van der Waals surface area contributed by atoms with Crippen LogP contribution in [-0.4, -0.2) is 14.9 Å². The molecule has 2 aromatic heterocycles. The van der Waals surface area contributed by atoms with E-state index < -0.39 is 0 Å². The Morgan fingerprint density at radius 1 is 1.07 bits per heavy atom. The van der Waals surface area contributed by atoms with Gasteiger partial charge in [0.05, 0.1) is 17.6 Å². The van der Waals surface area contributed by atoms with Gasteiger partial charge in [-0.3, -0.25) is 4.79 Å². The number of aryl methyl sites for hydroxylation is 1. The maximum atomic E-state index is 13.0. The zero-order chi connectivity index (χ0) is 18.8. The van der Waals surface area contributed by atoms with Gasteiger partial charge in [0.15, 0.2) is 11.3 Å². The average Bonchev–Trinajstić information content (AvgIpc) is 3.11. The van der Waals surface area contributed by atoms with E-state index in [0.29, 0.717) is 23.4 Å². The van der Waals surface area contributed by atoms with E-state index in [9.17, 15) is 9.18 Å². The fraction of sp³-hybridized carbons (Fsp3) is 0.0952. The third-order valence-electron chi connectivity index (χ3n) is 4.26. The van der Waals surface area contributed by atoms with Crippen LogP contribution in [0.5, 0.6) is 0 Å². The third kappa shape index (κ3) is 3.42. The van der Waals surface area contributed by atoms with Gasteiger partial charge in [-0.15, -0.1) is 0 Å². The first-order valence-corrected chi connectivity index (χ1v) is 8.46. The molecular formula is C21H16FN3O2. The summed E-state index contributed by atoms with van der Waals surface area (Å²) in [4.78, 5) is 12.7. The van der Waals surface area contributed by atoms with Crippen molar-refractivity contribution in [2.45, 2.75) is 13.5 Å². The number of hydrogen-bond acceptors (Lipinski definition) is 4. The largest absolute Gasteiger partial charge is 0.355 e. The number of aromatic nitrogens is 3. The predicted molar refractivity (Wildman–Crippen MR) is 102 cm³/mol. The Kier molecular flexibility index (Phi) is 4.38. The lowest BCUT2D eigenvalue weighted by molar-refractivity contribution is 0.420. The lowest BCUT2D eigenvalue weighted by Gasteiger charge is -2.06. The summed E-state index contributed by atoms with van der Waals surface area (Å²) in [5.74, 6) is 0.152.